The monoisotopic (exact) mass is 332 g/mol. The molecule has 0 unspecified atom stereocenters. The van der Waals surface area contributed by atoms with Crippen LogP contribution in [0.3, 0.4) is 0 Å². The number of carbonyl (C=O) groups excluding carboxylic acids is 1. The molecular weight excluding hydrogens is 312 g/mol. The minimum atomic E-state index is -0.544. The zero-order valence-corrected chi connectivity index (χ0v) is 14.9. The summed E-state index contributed by atoms with van der Waals surface area (Å²) in [5.41, 5.74) is 2.24. The first-order valence-corrected chi connectivity index (χ1v) is 8.05. The zero-order chi connectivity index (χ0) is 16.9. The Hall–Kier alpha value is -1.72. The van der Waals surface area contributed by atoms with Crippen LogP contribution in [0.15, 0.2) is 12.1 Å². The molecule has 0 N–H and O–H groups in total. The lowest BCUT2D eigenvalue weighted by molar-refractivity contribution is -0.122. The van der Waals surface area contributed by atoms with E-state index in [0.29, 0.717) is 11.7 Å². The van der Waals surface area contributed by atoms with Gasteiger partial charge in [-0.05, 0) is 52.6 Å². The highest BCUT2D eigenvalue weighted by atomic mass is 35.5. The van der Waals surface area contributed by atoms with E-state index >= 15 is 0 Å². The molecule has 0 radical (unpaired) electrons. The molecule has 0 aliphatic carbocycles. The minimum Gasteiger partial charge on any atom is -0.310 e. The van der Waals surface area contributed by atoms with E-state index in [1.807, 2.05) is 51.9 Å². The van der Waals surface area contributed by atoms with Crippen molar-refractivity contribution in [2.24, 2.45) is 0 Å². The lowest BCUT2D eigenvalue weighted by atomic mass is 9.85. The fourth-order valence-corrected chi connectivity index (χ4v) is 3.29. The molecule has 122 valence electrons. The molecular formula is C17H21ClN4O. The van der Waals surface area contributed by atoms with Gasteiger partial charge in [-0.2, -0.15) is 5.10 Å². The molecule has 5 nitrogen and oxygen atoms in total. The molecule has 1 aliphatic rings. The van der Waals surface area contributed by atoms with Crippen molar-refractivity contribution in [3.8, 4) is 0 Å². The second-order valence-electron chi connectivity index (χ2n) is 6.88. The van der Waals surface area contributed by atoms with Gasteiger partial charge < -0.3 is 9.80 Å². The second kappa shape index (κ2) is 5.42. The van der Waals surface area contributed by atoms with Crippen LogP contribution in [-0.4, -0.2) is 48.2 Å². The highest BCUT2D eigenvalue weighted by Crippen LogP contribution is 2.44. The van der Waals surface area contributed by atoms with Gasteiger partial charge in [0.05, 0.1) is 11.1 Å². The number of carbonyl (C=O) groups is 1. The summed E-state index contributed by atoms with van der Waals surface area (Å²) in [4.78, 5) is 16.8. The Balaban J connectivity index is 2.21. The van der Waals surface area contributed by atoms with Crippen molar-refractivity contribution < 1.29 is 4.79 Å². The van der Waals surface area contributed by atoms with Gasteiger partial charge in [-0.25, -0.2) is 0 Å². The average Bonchev–Trinajstić information content (AvgIpc) is 2.67. The first-order chi connectivity index (χ1) is 10.7. The Morgan fingerprint density at radius 3 is 2.57 bits per heavy atom. The van der Waals surface area contributed by atoms with Crippen LogP contribution in [0.25, 0.3) is 10.8 Å². The van der Waals surface area contributed by atoms with Crippen molar-refractivity contribution in [1.82, 2.24) is 15.1 Å². The quantitative estimate of drug-likeness (QED) is 0.867. The molecule has 1 aromatic carbocycles. The van der Waals surface area contributed by atoms with Crippen LogP contribution in [0.1, 0.15) is 25.1 Å². The van der Waals surface area contributed by atoms with E-state index in [0.717, 1.165) is 34.3 Å². The largest absolute Gasteiger partial charge is 0.310 e. The minimum absolute atomic E-state index is 0.124. The predicted octanol–water partition coefficient (Wildman–Crippen LogP) is 2.78. The molecule has 2 heterocycles. The van der Waals surface area contributed by atoms with E-state index in [-0.39, 0.29) is 5.91 Å². The lowest BCUT2D eigenvalue weighted by Crippen LogP contribution is -2.39. The number of benzene rings is 1. The number of hydrogen-bond acceptors (Lipinski definition) is 4. The molecule has 6 heteroatoms. The molecule has 2 aromatic rings. The SMILES string of the molecule is Cc1nnc(Cl)c2cc3c(cc12)C(C)(C)C(=O)N3CCN(C)C. The smallest absolute Gasteiger partial charge is 0.237 e. The van der Waals surface area contributed by atoms with Crippen molar-refractivity contribution in [1.29, 1.82) is 0 Å². The van der Waals surface area contributed by atoms with Crippen molar-refractivity contribution in [2.45, 2.75) is 26.2 Å². The van der Waals surface area contributed by atoms with Gasteiger partial charge in [0.2, 0.25) is 5.91 Å². The maximum atomic E-state index is 12.9. The van der Waals surface area contributed by atoms with Gasteiger partial charge in [0.25, 0.3) is 0 Å². The van der Waals surface area contributed by atoms with Gasteiger partial charge in [0.15, 0.2) is 5.15 Å². The zero-order valence-electron chi connectivity index (χ0n) is 14.1. The standard InChI is InChI=1S/C17H21ClN4O/c1-10-11-8-13-14(9-12(11)15(18)20-19-10)22(7-6-21(4)5)16(23)17(13,2)3/h8-9H,6-7H2,1-5H3. The summed E-state index contributed by atoms with van der Waals surface area (Å²) in [5.74, 6) is 0.124. The predicted molar refractivity (Wildman–Crippen MR) is 93.2 cm³/mol. The van der Waals surface area contributed by atoms with Crippen LogP contribution in [-0.2, 0) is 10.2 Å². The first-order valence-electron chi connectivity index (χ1n) is 7.67. The van der Waals surface area contributed by atoms with Crippen LogP contribution in [0.2, 0.25) is 5.15 Å². The van der Waals surface area contributed by atoms with Crippen LogP contribution >= 0.6 is 11.6 Å². The maximum absolute atomic E-state index is 12.9. The van der Waals surface area contributed by atoms with Crippen LogP contribution in [0.5, 0.6) is 0 Å². The van der Waals surface area contributed by atoms with Gasteiger partial charge in [-0.15, -0.1) is 5.10 Å². The second-order valence-corrected chi connectivity index (χ2v) is 7.23. The van der Waals surface area contributed by atoms with Gasteiger partial charge in [0, 0.05) is 29.5 Å². The molecule has 0 saturated heterocycles. The van der Waals surface area contributed by atoms with Gasteiger partial charge in [0.1, 0.15) is 0 Å². The fraction of sp³-hybridized carbons (Fsp3) is 0.471. The molecule has 0 atom stereocenters. The van der Waals surface area contributed by atoms with E-state index in [4.69, 9.17) is 11.6 Å². The summed E-state index contributed by atoms with van der Waals surface area (Å²) >= 11 is 6.23. The topological polar surface area (TPSA) is 49.3 Å². The molecule has 1 aliphatic heterocycles. The van der Waals surface area contributed by atoms with E-state index in [9.17, 15) is 4.79 Å². The van der Waals surface area contributed by atoms with Gasteiger partial charge in [-0.3, -0.25) is 4.79 Å². The molecule has 0 spiro atoms. The number of likely N-dealkylation sites (N-methyl/N-ethyl adjacent to an activating group) is 1. The lowest BCUT2D eigenvalue weighted by Gasteiger charge is -2.22. The third-order valence-electron chi connectivity index (χ3n) is 4.55. The van der Waals surface area contributed by atoms with Gasteiger partial charge in [-0.1, -0.05) is 11.6 Å². The van der Waals surface area contributed by atoms with E-state index < -0.39 is 5.41 Å². The van der Waals surface area contributed by atoms with Crippen molar-refractivity contribution >= 4 is 34.0 Å². The number of halogens is 1. The van der Waals surface area contributed by atoms with Crippen LogP contribution in [0, 0.1) is 6.92 Å². The van der Waals surface area contributed by atoms with Crippen LogP contribution < -0.4 is 4.90 Å². The van der Waals surface area contributed by atoms with Crippen molar-refractivity contribution in [3.05, 3.63) is 28.5 Å². The van der Waals surface area contributed by atoms with E-state index in [1.165, 1.54) is 0 Å². The normalized spacial score (nSPS) is 16.5. The molecule has 0 bridgehead atoms. The highest BCUT2D eigenvalue weighted by Gasteiger charge is 2.44. The maximum Gasteiger partial charge on any atom is 0.237 e. The first kappa shape index (κ1) is 16.1. The van der Waals surface area contributed by atoms with Crippen molar-refractivity contribution in [3.63, 3.8) is 0 Å². The van der Waals surface area contributed by atoms with E-state index in [1.54, 1.807) is 0 Å². The molecule has 23 heavy (non-hydrogen) atoms. The number of aryl methyl sites for hydroxylation is 1. The molecule has 1 aromatic heterocycles. The average molecular weight is 333 g/mol. The number of aromatic nitrogens is 2. The fourth-order valence-electron chi connectivity index (χ4n) is 3.09. The Labute approximate surface area is 141 Å². The summed E-state index contributed by atoms with van der Waals surface area (Å²) in [6.07, 6.45) is 0. The van der Waals surface area contributed by atoms with Gasteiger partial charge >= 0.3 is 0 Å². The molecule has 0 fully saturated rings. The number of rotatable bonds is 3. The number of hydrogen-bond donors (Lipinski definition) is 0. The third kappa shape index (κ3) is 2.48. The number of nitrogens with zero attached hydrogens (tertiary/aromatic N) is 4. The molecule has 1 amide bonds. The summed E-state index contributed by atoms with van der Waals surface area (Å²) in [5, 5.41) is 10.3. The summed E-state index contributed by atoms with van der Waals surface area (Å²) in [7, 11) is 4.01. The number of anilines is 1. The Bertz CT molecular complexity index is 801. The Morgan fingerprint density at radius 2 is 1.91 bits per heavy atom. The summed E-state index contributed by atoms with van der Waals surface area (Å²) in [6.45, 7) is 7.32. The Kier molecular flexibility index (Phi) is 3.81. The third-order valence-corrected chi connectivity index (χ3v) is 4.83. The van der Waals surface area contributed by atoms with Crippen molar-refractivity contribution in [2.75, 3.05) is 32.1 Å². The number of fused-ring (bicyclic) bond motifs is 2. The van der Waals surface area contributed by atoms with Crippen LogP contribution in [0.4, 0.5) is 5.69 Å². The summed E-state index contributed by atoms with van der Waals surface area (Å²) in [6, 6.07) is 4.03. The molecule has 3 rings (SSSR count). The Morgan fingerprint density at radius 1 is 1.22 bits per heavy atom. The van der Waals surface area contributed by atoms with E-state index in [2.05, 4.69) is 15.1 Å². The molecule has 0 saturated carbocycles. The highest BCUT2D eigenvalue weighted by molar-refractivity contribution is 6.34. The summed E-state index contributed by atoms with van der Waals surface area (Å²) < 4.78 is 0. The number of amides is 1.